The Morgan fingerprint density at radius 1 is 1.31 bits per heavy atom. The lowest BCUT2D eigenvalue weighted by molar-refractivity contribution is 0.268. The van der Waals surface area contributed by atoms with E-state index in [0.29, 0.717) is 0 Å². The topological polar surface area (TPSA) is 72.3 Å². The highest BCUT2D eigenvalue weighted by molar-refractivity contribution is 5.49. The highest BCUT2D eigenvalue weighted by atomic mass is 19.2. The van der Waals surface area contributed by atoms with Gasteiger partial charge in [-0.15, -0.1) is 0 Å². The Hall–Kier alpha value is -1.20. The summed E-state index contributed by atoms with van der Waals surface area (Å²) in [7, 11) is 0. The zero-order chi connectivity index (χ0) is 10.0. The largest absolute Gasteiger partial charge is 0.398 e. The fourth-order valence-electron chi connectivity index (χ4n) is 0.997. The van der Waals surface area contributed by atoms with Crippen molar-refractivity contribution in [3.05, 3.63) is 29.3 Å². The number of halogens is 2. The molecule has 0 aliphatic heterocycles. The maximum Gasteiger partial charge on any atom is 0.160 e. The van der Waals surface area contributed by atoms with E-state index in [9.17, 15) is 8.78 Å². The van der Waals surface area contributed by atoms with Crippen molar-refractivity contribution < 1.29 is 13.9 Å². The highest BCUT2D eigenvalue weighted by Gasteiger charge is 2.12. The van der Waals surface area contributed by atoms with Crippen molar-refractivity contribution >= 4 is 5.69 Å². The summed E-state index contributed by atoms with van der Waals surface area (Å²) in [5, 5.41) is 8.68. The molecule has 0 aliphatic rings. The minimum absolute atomic E-state index is 0.0421. The highest BCUT2D eigenvalue weighted by Crippen LogP contribution is 2.21. The number of aliphatic hydroxyl groups excluding tert-OH is 1. The van der Waals surface area contributed by atoms with Gasteiger partial charge in [0.1, 0.15) is 0 Å². The number of nitrogens with two attached hydrogens (primary N) is 2. The van der Waals surface area contributed by atoms with Crippen molar-refractivity contribution in [1.82, 2.24) is 0 Å². The second kappa shape index (κ2) is 3.68. The molecular weight excluding hydrogens is 178 g/mol. The average molecular weight is 188 g/mol. The lowest BCUT2D eigenvalue weighted by Gasteiger charge is -2.11. The summed E-state index contributed by atoms with van der Waals surface area (Å²) in [6.45, 7) is -0.366. The third kappa shape index (κ3) is 1.93. The SMILES string of the molecule is Nc1cc(F)c(F)cc1C(N)CO. The number of benzene rings is 1. The first-order chi connectivity index (χ1) is 6.06. The minimum atomic E-state index is -1.02. The summed E-state index contributed by atoms with van der Waals surface area (Å²) >= 11 is 0. The molecule has 13 heavy (non-hydrogen) atoms. The van der Waals surface area contributed by atoms with Crippen LogP contribution in [0.1, 0.15) is 11.6 Å². The van der Waals surface area contributed by atoms with Crippen molar-refractivity contribution in [3.8, 4) is 0 Å². The number of anilines is 1. The monoisotopic (exact) mass is 188 g/mol. The van der Waals surface area contributed by atoms with Crippen LogP contribution in [0.3, 0.4) is 0 Å². The molecule has 0 amide bonds. The molecule has 1 aromatic carbocycles. The van der Waals surface area contributed by atoms with Crippen LogP contribution in [-0.4, -0.2) is 11.7 Å². The van der Waals surface area contributed by atoms with Crippen molar-refractivity contribution in [2.24, 2.45) is 5.73 Å². The van der Waals surface area contributed by atoms with E-state index >= 15 is 0 Å². The normalized spacial score (nSPS) is 12.9. The van der Waals surface area contributed by atoms with Gasteiger partial charge in [0.25, 0.3) is 0 Å². The average Bonchev–Trinajstić information content (AvgIpc) is 2.10. The van der Waals surface area contributed by atoms with Gasteiger partial charge in [-0.3, -0.25) is 0 Å². The Bertz CT molecular complexity index is 317. The van der Waals surface area contributed by atoms with Crippen LogP contribution in [0, 0.1) is 11.6 Å². The van der Waals surface area contributed by atoms with Gasteiger partial charge >= 0.3 is 0 Å². The molecule has 0 saturated heterocycles. The number of hydrogen-bond donors (Lipinski definition) is 3. The summed E-state index contributed by atoms with van der Waals surface area (Å²) in [6.07, 6.45) is 0. The predicted octanol–water partition coefficient (Wildman–Crippen LogP) is 0.539. The van der Waals surface area contributed by atoms with E-state index in [0.717, 1.165) is 12.1 Å². The third-order valence-corrected chi connectivity index (χ3v) is 1.72. The molecule has 0 heterocycles. The van der Waals surface area contributed by atoms with Gasteiger partial charge in [-0.25, -0.2) is 8.78 Å². The molecule has 1 unspecified atom stereocenters. The molecule has 0 saturated carbocycles. The Balaban J connectivity index is 3.15. The molecule has 0 radical (unpaired) electrons. The van der Waals surface area contributed by atoms with Crippen LogP contribution in [0.2, 0.25) is 0 Å². The minimum Gasteiger partial charge on any atom is -0.398 e. The van der Waals surface area contributed by atoms with Crippen LogP contribution >= 0.6 is 0 Å². The van der Waals surface area contributed by atoms with Crippen molar-refractivity contribution in [2.75, 3.05) is 12.3 Å². The van der Waals surface area contributed by atoms with E-state index < -0.39 is 17.7 Å². The molecule has 5 N–H and O–H groups in total. The molecule has 0 fully saturated rings. The Morgan fingerprint density at radius 2 is 1.85 bits per heavy atom. The maximum absolute atomic E-state index is 12.7. The lowest BCUT2D eigenvalue weighted by atomic mass is 10.1. The van der Waals surface area contributed by atoms with Crippen molar-refractivity contribution in [2.45, 2.75) is 6.04 Å². The Kier molecular flexibility index (Phi) is 2.79. The van der Waals surface area contributed by atoms with E-state index in [1.165, 1.54) is 0 Å². The van der Waals surface area contributed by atoms with E-state index in [4.69, 9.17) is 16.6 Å². The molecular formula is C8H10F2N2O. The molecule has 0 aliphatic carbocycles. The smallest absolute Gasteiger partial charge is 0.160 e. The molecule has 0 bridgehead atoms. The molecule has 1 aromatic rings. The van der Waals surface area contributed by atoms with Gasteiger partial charge < -0.3 is 16.6 Å². The van der Waals surface area contributed by atoms with E-state index in [1.54, 1.807) is 0 Å². The Morgan fingerprint density at radius 3 is 2.38 bits per heavy atom. The summed E-state index contributed by atoms with van der Waals surface area (Å²) in [5.74, 6) is -2.04. The molecule has 1 rings (SSSR count). The van der Waals surface area contributed by atoms with Gasteiger partial charge in [0.2, 0.25) is 0 Å². The van der Waals surface area contributed by atoms with Crippen LogP contribution < -0.4 is 11.5 Å². The summed E-state index contributed by atoms with van der Waals surface area (Å²) in [6, 6.07) is 0.959. The molecule has 3 nitrogen and oxygen atoms in total. The van der Waals surface area contributed by atoms with E-state index in [1.807, 2.05) is 0 Å². The van der Waals surface area contributed by atoms with Gasteiger partial charge in [0, 0.05) is 11.8 Å². The fraction of sp³-hybridized carbons (Fsp3) is 0.250. The zero-order valence-electron chi connectivity index (χ0n) is 6.80. The van der Waals surface area contributed by atoms with Crippen LogP contribution in [-0.2, 0) is 0 Å². The number of rotatable bonds is 2. The summed E-state index contributed by atoms with van der Waals surface area (Å²) in [5.41, 5.74) is 11.0. The Labute approximate surface area is 74.0 Å². The van der Waals surface area contributed by atoms with Gasteiger partial charge in [0.15, 0.2) is 11.6 Å². The summed E-state index contributed by atoms with van der Waals surface area (Å²) in [4.78, 5) is 0. The van der Waals surface area contributed by atoms with Gasteiger partial charge in [-0.1, -0.05) is 0 Å². The molecule has 0 aromatic heterocycles. The lowest BCUT2D eigenvalue weighted by Crippen LogP contribution is -2.16. The predicted molar refractivity (Wildman–Crippen MR) is 44.8 cm³/mol. The van der Waals surface area contributed by atoms with Gasteiger partial charge in [-0.2, -0.15) is 0 Å². The van der Waals surface area contributed by atoms with Crippen LogP contribution in [0.4, 0.5) is 14.5 Å². The first kappa shape index (κ1) is 9.88. The van der Waals surface area contributed by atoms with E-state index in [2.05, 4.69) is 0 Å². The molecule has 72 valence electrons. The van der Waals surface area contributed by atoms with Crippen LogP contribution in [0.5, 0.6) is 0 Å². The van der Waals surface area contributed by atoms with Crippen molar-refractivity contribution in [1.29, 1.82) is 0 Å². The molecule has 5 heteroatoms. The summed E-state index contributed by atoms with van der Waals surface area (Å²) < 4.78 is 25.3. The number of hydrogen-bond acceptors (Lipinski definition) is 3. The van der Waals surface area contributed by atoms with Gasteiger partial charge in [0.05, 0.1) is 12.6 Å². The van der Waals surface area contributed by atoms with Crippen LogP contribution in [0.25, 0.3) is 0 Å². The first-order valence-corrected chi connectivity index (χ1v) is 3.67. The number of nitrogen functional groups attached to an aromatic ring is 1. The van der Waals surface area contributed by atoms with Gasteiger partial charge in [-0.05, 0) is 11.6 Å². The third-order valence-electron chi connectivity index (χ3n) is 1.72. The number of aliphatic hydroxyl groups is 1. The maximum atomic E-state index is 12.7. The molecule has 1 atom stereocenters. The zero-order valence-corrected chi connectivity index (χ0v) is 6.80. The standard InChI is InChI=1S/C8H10F2N2O/c9-5-1-4(8(12)3-13)7(11)2-6(5)10/h1-2,8,13H,3,11-12H2. The van der Waals surface area contributed by atoms with Crippen LogP contribution in [0.15, 0.2) is 12.1 Å². The first-order valence-electron chi connectivity index (χ1n) is 3.67. The second-order valence-corrected chi connectivity index (χ2v) is 2.68. The van der Waals surface area contributed by atoms with Crippen molar-refractivity contribution in [3.63, 3.8) is 0 Å². The van der Waals surface area contributed by atoms with E-state index in [-0.39, 0.29) is 17.9 Å². The second-order valence-electron chi connectivity index (χ2n) is 2.68. The fourth-order valence-corrected chi connectivity index (χ4v) is 0.997. The quantitative estimate of drug-likeness (QED) is 0.593. The molecule has 0 spiro atoms.